The van der Waals surface area contributed by atoms with Crippen LogP contribution in [0.4, 0.5) is 28.9 Å². The first kappa shape index (κ1) is 26.5. The van der Waals surface area contributed by atoms with Crippen LogP contribution < -0.4 is 9.80 Å². The van der Waals surface area contributed by atoms with Gasteiger partial charge in [0.05, 0.1) is 41.7 Å². The molecule has 0 spiro atoms. The Morgan fingerprint density at radius 2 is 1.81 bits per heavy atom. The number of carbonyl (C=O) groups excluding carboxylic acids is 2. The second-order valence-electron chi connectivity index (χ2n) is 9.04. The van der Waals surface area contributed by atoms with Gasteiger partial charge in [-0.2, -0.15) is 18.4 Å². The Labute approximate surface area is 215 Å². The summed E-state index contributed by atoms with van der Waals surface area (Å²) in [7, 11) is 0. The van der Waals surface area contributed by atoms with Crippen molar-refractivity contribution in [3.63, 3.8) is 0 Å². The number of anilines is 2. The molecule has 1 amide bonds. The molecule has 0 radical (unpaired) electrons. The number of ether oxygens (including phenoxy) is 2. The van der Waals surface area contributed by atoms with Gasteiger partial charge in [-0.05, 0) is 62.5 Å². The van der Waals surface area contributed by atoms with Crippen molar-refractivity contribution in [3.8, 4) is 6.07 Å². The van der Waals surface area contributed by atoms with Crippen LogP contribution in [0, 0.1) is 17.1 Å². The summed E-state index contributed by atoms with van der Waals surface area (Å²) < 4.78 is 66.1. The molecule has 2 fully saturated rings. The van der Waals surface area contributed by atoms with E-state index < -0.39 is 40.5 Å². The molecule has 37 heavy (non-hydrogen) atoms. The highest BCUT2D eigenvalue weighted by Crippen LogP contribution is 2.40. The van der Waals surface area contributed by atoms with E-state index in [9.17, 15) is 22.8 Å². The molecule has 4 rings (SSSR count). The molecule has 2 heterocycles. The number of hydrogen-bond acceptors (Lipinski definition) is 6. The van der Waals surface area contributed by atoms with Gasteiger partial charge in [0, 0.05) is 18.5 Å². The van der Waals surface area contributed by atoms with E-state index in [0.717, 1.165) is 17.0 Å². The van der Waals surface area contributed by atoms with Gasteiger partial charge in [0.2, 0.25) is 0 Å². The van der Waals surface area contributed by atoms with E-state index in [1.807, 2.05) is 0 Å². The third-order valence-electron chi connectivity index (χ3n) is 6.23. The van der Waals surface area contributed by atoms with E-state index in [-0.39, 0.29) is 28.2 Å². The first-order valence-corrected chi connectivity index (χ1v) is 11.7. The third kappa shape index (κ3) is 4.89. The molecular formula is C25H21F4N3O4S. The zero-order chi connectivity index (χ0) is 27.1. The third-order valence-corrected chi connectivity index (χ3v) is 6.59. The number of alkyl halides is 3. The molecule has 0 aromatic heterocycles. The fourth-order valence-electron chi connectivity index (χ4n) is 4.28. The highest BCUT2D eigenvalue weighted by Gasteiger charge is 2.51. The number of hydrogen-bond donors (Lipinski definition) is 0. The van der Waals surface area contributed by atoms with Gasteiger partial charge in [-0.1, -0.05) is 0 Å². The highest BCUT2D eigenvalue weighted by molar-refractivity contribution is 7.81. The molecular weight excluding hydrogens is 514 g/mol. The summed E-state index contributed by atoms with van der Waals surface area (Å²) in [5, 5.41) is 8.87. The Balaban J connectivity index is 1.65. The van der Waals surface area contributed by atoms with Gasteiger partial charge >= 0.3 is 12.1 Å². The second-order valence-corrected chi connectivity index (χ2v) is 9.40. The summed E-state index contributed by atoms with van der Waals surface area (Å²) in [6, 6.07) is 7.93. The second kappa shape index (κ2) is 9.72. The van der Waals surface area contributed by atoms with Gasteiger partial charge < -0.3 is 14.4 Å². The largest absolute Gasteiger partial charge is 0.459 e. The average Bonchev–Trinajstić information content (AvgIpc) is 3.01. The number of rotatable bonds is 4. The maximum atomic E-state index is 15.0. The van der Waals surface area contributed by atoms with Gasteiger partial charge in [0.15, 0.2) is 5.11 Å². The fraction of sp³-hybridized carbons (Fsp3) is 0.360. The maximum Gasteiger partial charge on any atom is 0.417 e. The highest BCUT2D eigenvalue weighted by atomic mass is 32.1. The van der Waals surface area contributed by atoms with E-state index in [0.29, 0.717) is 32.1 Å². The molecule has 0 saturated carbocycles. The standard InChI is InChI=1S/C25H21F4N3O4S/c1-24(2)22(34)31(15-4-3-14(13-30)19(11-15)25(27,28)29)23(37)32(24)16-5-6-18(20(26)12-16)21(33)36-17-7-9-35-10-8-17/h3-6,11-12,17H,7-10H2,1-2H3. The van der Waals surface area contributed by atoms with Crippen LogP contribution >= 0.6 is 12.2 Å². The number of thiocarbonyl (C=S) groups is 1. The minimum absolute atomic E-state index is 0.121. The summed E-state index contributed by atoms with van der Waals surface area (Å²) in [5.74, 6) is -2.40. The Hall–Kier alpha value is -3.56. The zero-order valence-electron chi connectivity index (χ0n) is 19.8. The van der Waals surface area contributed by atoms with E-state index in [2.05, 4.69) is 0 Å². The van der Waals surface area contributed by atoms with Gasteiger partial charge in [0.25, 0.3) is 5.91 Å². The summed E-state index contributed by atoms with van der Waals surface area (Å²) in [4.78, 5) is 28.0. The quantitative estimate of drug-likeness (QED) is 0.311. The predicted molar refractivity (Wildman–Crippen MR) is 128 cm³/mol. The SMILES string of the molecule is CC1(C)C(=O)N(c2ccc(C#N)c(C(F)(F)F)c2)C(=S)N1c1ccc(C(=O)OC2CCOCC2)c(F)c1. The van der Waals surface area contributed by atoms with Crippen molar-refractivity contribution in [1.29, 1.82) is 5.26 Å². The van der Waals surface area contributed by atoms with Gasteiger partial charge in [0.1, 0.15) is 17.5 Å². The molecule has 7 nitrogen and oxygen atoms in total. The topological polar surface area (TPSA) is 82.9 Å². The van der Waals surface area contributed by atoms with Crippen LogP contribution in [-0.4, -0.2) is 41.8 Å². The van der Waals surface area contributed by atoms with E-state index in [1.165, 1.54) is 43.0 Å². The summed E-state index contributed by atoms with van der Waals surface area (Å²) in [6.07, 6.45) is -4.21. The monoisotopic (exact) mass is 535 g/mol. The summed E-state index contributed by atoms with van der Waals surface area (Å²) in [5.41, 5.74) is -3.58. The van der Waals surface area contributed by atoms with Crippen LogP contribution in [0.15, 0.2) is 36.4 Å². The Bertz CT molecular complexity index is 1320. The lowest BCUT2D eigenvalue weighted by Gasteiger charge is -2.29. The van der Waals surface area contributed by atoms with Crippen molar-refractivity contribution in [2.75, 3.05) is 23.0 Å². The van der Waals surface area contributed by atoms with Crippen LogP contribution in [0.1, 0.15) is 48.2 Å². The molecule has 2 aliphatic rings. The Morgan fingerprint density at radius 3 is 2.41 bits per heavy atom. The normalized spacial score (nSPS) is 18.2. The molecule has 194 valence electrons. The first-order valence-electron chi connectivity index (χ1n) is 11.2. The molecule has 0 bridgehead atoms. The summed E-state index contributed by atoms with van der Waals surface area (Å²) >= 11 is 5.44. The van der Waals surface area contributed by atoms with Crippen molar-refractivity contribution in [2.24, 2.45) is 0 Å². The number of nitrogens with zero attached hydrogens (tertiary/aromatic N) is 3. The van der Waals surface area contributed by atoms with Crippen LogP contribution in [0.25, 0.3) is 0 Å². The molecule has 2 saturated heterocycles. The molecule has 0 N–H and O–H groups in total. The number of nitriles is 1. The van der Waals surface area contributed by atoms with Crippen molar-refractivity contribution in [1.82, 2.24) is 0 Å². The van der Waals surface area contributed by atoms with Crippen LogP contribution in [0.5, 0.6) is 0 Å². The molecule has 2 aromatic carbocycles. The predicted octanol–water partition coefficient (Wildman–Crippen LogP) is 4.97. The average molecular weight is 536 g/mol. The Kier molecular flexibility index (Phi) is 6.96. The van der Waals surface area contributed by atoms with Crippen LogP contribution in [-0.2, 0) is 20.4 Å². The van der Waals surface area contributed by atoms with Crippen molar-refractivity contribution in [2.45, 2.75) is 44.5 Å². The molecule has 2 aliphatic heterocycles. The summed E-state index contributed by atoms with van der Waals surface area (Å²) in [6.45, 7) is 3.85. The molecule has 0 aliphatic carbocycles. The maximum absolute atomic E-state index is 15.0. The van der Waals surface area contributed by atoms with E-state index in [4.69, 9.17) is 27.0 Å². The number of carbonyl (C=O) groups is 2. The first-order chi connectivity index (χ1) is 17.4. The smallest absolute Gasteiger partial charge is 0.417 e. The van der Waals surface area contributed by atoms with Gasteiger partial charge in [-0.25, -0.2) is 9.18 Å². The van der Waals surface area contributed by atoms with Crippen molar-refractivity contribution in [3.05, 3.63) is 58.9 Å². The minimum Gasteiger partial charge on any atom is -0.459 e. The van der Waals surface area contributed by atoms with Crippen LogP contribution in [0.2, 0.25) is 0 Å². The zero-order valence-corrected chi connectivity index (χ0v) is 20.6. The van der Waals surface area contributed by atoms with E-state index >= 15 is 4.39 Å². The van der Waals surface area contributed by atoms with E-state index in [1.54, 1.807) is 0 Å². The molecule has 0 atom stereocenters. The number of benzene rings is 2. The number of esters is 1. The lowest BCUT2D eigenvalue weighted by molar-refractivity contribution is -0.137. The number of halogens is 4. The molecule has 12 heteroatoms. The van der Waals surface area contributed by atoms with Gasteiger partial charge in [-0.15, -0.1) is 0 Å². The van der Waals surface area contributed by atoms with Crippen molar-refractivity contribution < 1.29 is 36.6 Å². The van der Waals surface area contributed by atoms with Crippen molar-refractivity contribution >= 4 is 40.6 Å². The number of amides is 1. The minimum atomic E-state index is -4.83. The van der Waals surface area contributed by atoms with Crippen LogP contribution in [0.3, 0.4) is 0 Å². The Morgan fingerprint density at radius 1 is 1.16 bits per heavy atom. The molecule has 0 unspecified atom stereocenters. The lowest BCUT2D eigenvalue weighted by atomic mass is 10.0. The van der Waals surface area contributed by atoms with Gasteiger partial charge in [-0.3, -0.25) is 9.69 Å². The fourth-order valence-corrected chi connectivity index (χ4v) is 4.80. The molecule has 2 aromatic rings. The lowest BCUT2D eigenvalue weighted by Crippen LogP contribution is -2.44.